The van der Waals surface area contributed by atoms with Gasteiger partial charge < -0.3 is 14.1 Å². The maximum absolute atomic E-state index is 12.0. The van der Waals surface area contributed by atoms with Gasteiger partial charge in [-0.2, -0.15) is 0 Å². The standard InChI is InChI=1S/C21H19N3O3S/c1-3-24-20(14-7-5-4-6-8-14)22-23-21(24)28-12-15-11-18(26)27-19-13(2)17(25)10-9-16(15)19/h4-11,25H,3,12H2,1-2H3. The zero-order valence-electron chi connectivity index (χ0n) is 15.5. The molecule has 0 aliphatic heterocycles. The average Bonchev–Trinajstić information content (AvgIpc) is 3.13. The Morgan fingerprint density at radius 3 is 2.68 bits per heavy atom. The molecule has 142 valence electrons. The summed E-state index contributed by atoms with van der Waals surface area (Å²) in [5.74, 6) is 1.47. The summed E-state index contributed by atoms with van der Waals surface area (Å²) in [6, 6.07) is 14.8. The molecule has 0 saturated heterocycles. The van der Waals surface area contributed by atoms with Gasteiger partial charge in [-0.3, -0.25) is 0 Å². The molecule has 0 bridgehead atoms. The molecule has 0 aliphatic rings. The summed E-state index contributed by atoms with van der Waals surface area (Å²) in [6.07, 6.45) is 0. The summed E-state index contributed by atoms with van der Waals surface area (Å²) in [6.45, 7) is 4.53. The zero-order chi connectivity index (χ0) is 19.7. The molecule has 2 aromatic heterocycles. The number of phenols is 1. The van der Waals surface area contributed by atoms with Crippen LogP contribution < -0.4 is 5.63 Å². The summed E-state index contributed by atoms with van der Waals surface area (Å²) in [7, 11) is 0. The third-order valence-electron chi connectivity index (χ3n) is 4.64. The van der Waals surface area contributed by atoms with E-state index in [0.717, 1.165) is 34.0 Å². The Hall–Kier alpha value is -3.06. The molecule has 0 amide bonds. The van der Waals surface area contributed by atoms with Crippen molar-refractivity contribution in [3.63, 3.8) is 0 Å². The van der Waals surface area contributed by atoms with E-state index in [1.807, 2.05) is 30.3 Å². The summed E-state index contributed by atoms with van der Waals surface area (Å²) in [5.41, 5.74) is 2.40. The maximum atomic E-state index is 12.0. The van der Waals surface area contributed by atoms with Crippen molar-refractivity contribution < 1.29 is 9.52 Å². The number of hydrogen-bond acceptors (Lipinski definition) is 6. The number of aromatic nitrogens is 3. The van der Waals surface area contributed by atoms with Crippen LogP contribution in [0.1, 0.15) is 18.1 Å². The fourth-order valence-electron chi connectivity index (χ4n) is 3.16. The maximum Gasteiger partial charge on any atom is 0.336 e. The van der Waals surface area contributed by atoms with E-state index in [1.54, 1.807) is 19.1 Å². The molecule has 0 unspecified atom stereocenters. The van der Waals surface area contributed by atoms with E-state index >= 15 is 0 Å². The molecule has 6 nitrogen and oxygen atoms in total. The Balaban J connectivity index is 1.68. The largest absolute Gasteiger partial charge is 0.508 e. The number of aryl methyl sites for hydroxylation is 1. The summed E-state index contributed by atoms with van der Waals surface area (Å²) < 4.78 is 7.38. The highest BCUT2D eigenvalue weighted by Gasteiger charge is 2.15. The minimum Gasteiger partial charge on any atom is -0.508 e. The second-order valence-corrected chi connectivity index (χ2v) is 7.32. The van der Waals surface area contributed by atoms with Crippen LogP contribution >= 0.6 is 11.8 Å². The molecule has 0 spiro atoms. The minimum atomic E-state index is -0.432. The van der Waals surface area contributed by atoms with Crippen molar-refractivity contribution in [3.05, 3.63) is 70.1 Å². The van der Waals surface area contributed by atoms with Crippen LogP contribution in [-0.2, 0) is 12.3 Å². The van der Waals surface area contributed by atoms with E-state index in [-0.39, 0.29) is 5.75 Å². The average molecular weight is 393 g/mol. The highest BCUT2D eigenvalue weighted by atomic mass is 32.2. The van der Waals surface area contributed by atoms with E-state index in [1.165, 1.54) is 17.8 Å². The molecule has 0 atom stereocenters. The van der Waals surface area contributed by atoms with Gasteiger partial charge in [0.25, 0.3) is 0 Å². The van der Waals surface area contributed by atoms with Crippen LogP contribution in [-0.4, -0.2) is 19.9 Å². The molecular formula is C21H19N3O3S. The SMILES string of the molecule is CCn1c(SCc2cc(=O)oc3c(C)c(O)ccc23)nnc1-c1ccccc1. The molecule has 0 saturated carbocycles. The molecule has 2 aromatic carbocycles. The number of hydrogen-bond donors (Lipinski definition) is 1. The van der Waals surface area contributed by atoms with Gasteiger partial charge in [0.15, 0.2) is 11.0 Å². The number of benzene rings is 2. The van der Waals surface area contributed by atoms with Crippen LogP contribution in [0.3, 0.4) is 0 Å². The Morgan fingerprint density at radius 1 is 1.14 bits per heavy atom. The molecule has 0 fully saturated rings. The number of rotatable bonds is 5. The van der Waals surface area contributed by atoms with Crippen molar-refractivity contribution in [3.8, 4) is 17.1 Å². The van der Waals surface area contributed by atoms with Gasteiger partial charge in [-0.05, 0) is 31.5 Å². The second-order valence-electron chi connectivity index (χ2n) is 6.38. The number of aromatic hydroxyl groups is 1. The second kappa shape index (κ2) is 7.52. The van der Waals surface area contributed by atoms with Gasteiger partial charge in [0.2, 0.25) is 0 Å². The van der Waals surface area contributed by atoms with Crippen LogP contribution in [0.5, 0.6) is 5.75 Å². The van der Waals surface area contributed by atoms with Crippen molar-refractivity contribution in [1.29, 1.82) is 0 Å². The molecule has 4 rings (SSSR count). The van der Waals surface area contributed by atoms with Crippen molar-refractivity contribution >= 4 is 22.7 Å². The first-order chi connectivity index (χ1) is 13.6. The lowest BCUT2D eigenvalue weighted by Gasteiger charge is -2.09. The van der Waals surface area contributed by atoms with Crippen LogP contribution in [0.4, 0.5) is 0 Å². The predicted octanol–water partition coefficient (Wildman–Crippen LogP) is 4.38. The number of nitrogens with zero attached hydrogens (tertiary/aromatic N) is 3. The topological polar surface area (TPSA) is 81.2 Å². The van der Waals surface area contributed by atoms with Gasteiger partial charge in [0, 0.05) is 34.9 Å². The molecular weight excluding hydrogens is 374 g/mol. The quantitative estimate of drug-likeness (QED) is 0.400. The Bertz CT molecular complexity index is 1200. The Labute approximate surface area is 165 Å². The molecule has 0 aliphatic carbocycles. The summed E-state index contributed by atoms with van der Waals surface area (Å²) >= 11 is 1.52. The van der Waals surface area contributed by atoms with E-state index < -0.39 is 5.63 Å². The molecule has 28 heavy (non-hydrogen) atoms. The Morgan fingerprint density at radius 2 is 1.93 bits per heavy atom. The van der Waals surface area contributed by atoms with Crippen molar-refractivity contribution in [2.24, 2.45) is 0 Å². The fourth-order valence-corrected chi connectivity index (χ4v) is 4.15. The predicted molar refractivity (Wildman–Crippen MR) is 110 cm³/mol. The third-order valence-corrected chi connectivity index (χ3v) is 5.66. The van der Waals surface area contributed by atoms with Crippen LogP contribution in [0.15, 0.2) is 62.9 Å². The highest BCUT2D eigenvalue weighted by Crippen LogP contribution is 2.31. The Kier molecular flexibility index (Phi) is 4.92. The smallest absolute Gasteiger partial charge is 0.336 e. The third kappa shape index (κ3) is 3.29. The number of fused-ring (bicyclic) bond motifs is 1. The van der Waals surface area contributed by atoms with Crippen molar-refractivity contribution in [1.82, 2.24) is 14.8 Å². The van der Waals surface area contributed by atoms with E-state index in [9.17, 15) is 9.90 Å². The van der Waals surface area contributed by atoms with Crippen LogP contribution in [0, 0.1) is 6.92 Å². The van der Waals surface area contributed by atoms with Crippen LogP contribution in [0.2, 0.25) is 0 Å². The number of phenolic OH excluding ortho intramolecular Hbond substituents is 1. The molecule has 7 heteroatoms. The van der Waals surface area contributed by atoms with Gasteiger partial charge in [0.1, 0.15) is 11.3 Å². The van der Waals surface area contributed by atoms with Gasteiger partial charge in [-0.25, -0.2) is 4.79 Å². The van der Waals surface area contributed by atoms with Gasteiger partial charge in [-0.15, -0.1) is 10.2 Å². The van der Waals surface area contributed by atoms with Crippen LogP contribution in [0.25, 0.3) is 22.4 Å². The molecule has 1 N–H and O–H groups in total. The van der Waals surface area contributed by atoms with E-state index in [2.05, 4.69) is 21.7 Å². The minimum absolute atomic E-state index is 0.110. The van der Waals surface area contributed by atoms with E-state index in [0.29, 0.717) is 16.9 Å². The van der Waals surface area contributed by atoms with Crippen molar-refractivity contribution in [2.45, 2.75) is 31.3 Å². The first-order valence-electron chi connectivity index (χ1n) is 8.95. The normalized spacial score (nSPS) is 11.2. The van der Waals surface area contributed by atoms with Crippen molar-refractivity contribution in [2.75, 3.05) is 0 Å². The summed E-state index contributed by atoms with van der Waals surface area (Å²) in [5, 5.41) is 20.2. The lowest BCUT2D eigenvalue weighted by molar-refractivity contribution is 0.468. The summed E-state index contributed by atoms with van der Waals surface area (Å²) in [4.78, 5) is 12.0. The number of thioether (sulfide) groups is 1. The monoisotopic (exact) mass is 393 g/mol. The van der Waals surface area contributed by atoms with Gasteiger partial charge in [-0.1, -0.05) is 42.1 Å². The lowest BCUT2D eigenvalue weighted by atomic mass is 10.1. The van der Waals surface area contributed by atoms with Gasteiger partial charge in [0.05, 0.1) is 0 Å². The molecule has 0 radical (unpaired) electrons. The zero-order valence-corrected chi connectivity index (χ0v) is 16.4. The van der Waals surface area contributed by atoms with E-state index in [4.69, 9.17) is 4.42 Å². The first-order valence-corrected chi connectivity index (χ1v) is 9.93. The van der Waals surface area contributed by atoms with Gasteiger partial charge >= 0.3 is 5.63 Å². The lowest BCUT2D eigenvalue weighted by Crippen LogP contribution is -2.02. The molecule has 2 heterocycles. The first kappa shape index (κ1) is 18.3. The fraction of sp³-hybridized carbons (Fsp3) is 0.190. The molecule has 4 aromatic rings. The highest BCUT2D eigenvalue weighted by molar-refractivity contribution is 7.98.